The van der Waals surface area contributed by atoms with E-state index in [0.717, 1.165) is 58.0 Å². The molecule has 2 aromatic carbocycles. The Bertz CT molecular complexity index is 1400. The summed E-state index contributed by atoms with van der Waals surface area (Å²) in [6, 6.07) is 14.5. The molecule has 0 N–H and O–H groups in total. The molecule has 1 amide bonds. The van der Waals surface area contributed by atoms with Crippen molar-refractivity contribution in [3.05, 3.63) is 81.1 Å². The molecule has 0 spiro atoms. The van der Waals surface area contributed by atoms with E-state index in [0.29, 0.717) is 10.0 Å². The summed E-state index contributed by atoms with van der Waals surface area (Å²) < 4.78 is 40.2. The first-order valence-electron chi connectivity index (χ1n) is 11.8. The fraction of sp³-hybridized carbons (Fsp3) is 0.308. The number of amides is 1. The van der Waals surface area contributed by atoms with Crippen molar-refractivity contribution in [1.29, 1.82) is 0 Å². The zero-order valence-corrected chi connectivity index (χ0v) is 22.5. The smallest absolute Gasteiger partial charge is 0.302 e. The summed E-state index contributed by atoms with van der Waals surface area (Å²) in [5.41, 5.74) is 3.78. The Balaban J connectivity index is 1.45. The van der Waals surface area contributed by atoms with Crippen LogP contribution in [0.15, 0.2) is 64.4 Å². The van der Waals surface area contributed by atoms with Gasteiger partial charge in [-0.2, -0.15) is 18.3 Å². The lowest BCUT2D eigenvalue weighted by atomic mass is 9.77. The zero-order valence-electron chi connectivity index (χ0n) is 20.1. The summed E-state index contributed by atoms with van der Waals surface area (Å²) in [5, 5.41) is 14.4. The third kappa shape index (κ3) is 5.48. The number of hydrogen-bond donors (Lipinski definition) is 0. The number of thioether (sulfide) groups is 1. The van der Waals surface area contributed by atoms with Gasteiger partial charge in [-0.15, -0.1) is 10.2 Å². The lowest BCUT2D eigenvalue weighted by Crippen LogP contribution is -2.32. The standard InChI is InChI=1S/C26H22Cl2F3N5OS/c1-35-24(26(29,30)31)32-33-25(35)38-14-21(37)36-23(16-7-11-19(28)12-8-16)20-4-2-3-17(22(20)34-36)13-15-5-9-18(27)10-6-15/h5-13,20,23H,2-4,14H2,1H3. The first-order chi connectivity index (χ1) is 18.1. The van der Waals surface area contributed by atoms with Crippen LogP contribution in [0.1, 0.15) is 42.3 Å². The predicted octanol–water partition coefficient (Wildman–Crippen LogP) is 7.06. The maximum atomic E-state index is 13.5. The molecule has 6 nitrogen and oxygen atoms in total. The van der Waals surface area contributed by atoms with Gasteiger partial charge in [-0.3, -0.25) is 4.79 Å². The highest BCUT2D eigenvalue weighted by atomic mass is 35.5. The number of allylic oxidation sites excluding steroid dienone is 1. The summed E-state index contributed by atoms with van der Waals surface area (Å²) in [4.78, 5) is 13.5. The van der Waals surface area contributed by atoms with Gasteiger partial charge in [-0.1, -0.05) is 59.2 Å². The van der Waals surface area contributed by atoms with Crippen molar-refractivity contribution in [2.45, 2.75) is 36.6 Å². The van der Waals surface area contributed by atoms with Crippen molar-refractivity contribution in [2.24, 2.45) is 18.1 Å². The highest BCUT2D eigenvalue weighted by Gasteiger charge is 2.44. The van der Waals surface area contributed by atoms with Crippen LogP contribution in [-0.4, -0.2) is 37.1 Å². The number of carbonyl (C=O) groups is 1. The average molecular weight is 580 g/mol. The highest BCUT2D eigenvalue weighted by Crippen LogP contribution is 2.45. The van der Waals surface area contributed by atoms with E-state index >= 15 is 0 Å². The number of nitrogens with zero attached hydrogens (tertiary/aromatic N) is 5. The van der Waals surface area contributed by atoms with Crippen LogP contribution in [0.25, 0.3) is 6.08 Å². The summed E-state index contributed by atoms with van der Waals surface area (Å²) in [6.07, 6.45) is 0.0402. The highest BCUT2D eigenvalue weighted by molar-refractivity contribution is 7.99. The molecule has 1 aliphatic carbocycles. The van der Waals surface area contributed by atoms with E-state index in [9.17, 15) is 18.0 Å². The molecule has 38 heavy (non-hydrogen) atoms. The number of alkyl halides is 3. The van der Waals surface area contributed by atoms with E-state index in [4.69, 9.17) is 28.3 Å². The quantitative estimate of drug-likeness (QED) is 0.304. The summed E-state index contributed by atoms with van der Waals surface area (Å²) in [6.45, 7) is 0. The Morgan fingerprint density at radius 3 is 2.37 bits per heavy atom. The van der Waals surface area contributed by atoms with Gasteiger partial charge in [0.15, 0.2) is 5.16 Å². The maximum absolute atomic E-state index is 13.5. The number of hydrogen-bond acceptors (Lipinski definition) is 5. The molecule has 1 fully saturated rings. The van der Waals surface area contributed by atoms with Gasteiger partial charge in [-0.05, 0) is 66.3 Å². The topological polar surface area (TPSA) is 63.4 Å². The van der Waals surface area contributed by atoms with Crippen molar-refractivity contribution in [3.8, 4) is 0 Å². The van der Waals surface area contributed by atoms with Gasteiger partial charge in [-0.25, -0.2) is 5.01 Å². The van der Waals surface area contributed by atoms with Gasteiger partial charge in [0.2, 0.25) is 5.82 Å². The SMILES string of the molecule is Cn1c(SCC(=O)N2N=C3C(=Cc4ccc(Cl)cc4)CCCC3C2c2ccc(Cl)cc2)nnc1C(F)(F)F. The van der Waals surface area contributed by atoms with Crippen LogP contribution in [0.5, 0.6) is 0 Å². The first kappa shape index (κ1) is 26.8. The fourth-order valence-electron chi connectivity index (χ4n) is 4.84. The van der Waals surface area contributed by atoms with Crippen molar-refractivity contribution >= 4 is 52.7 Å². The molecule has 1 aromatic heterocycles. The van der Waals surface area contributed by atoms with E-state index in [2.05, 4.69) is 16.3 Å². The number of benzene rings is 2. The van der Waals surface area contributed by atoms with E-state index in [1.165, 1.54) is 12.1 Å². The number of fused-ring (bicyclic) bond motifs is 1. The van der Waals surface area contributed by atoms with Crippen LogP contribution in [-0.2, 0) is 18.0 Å². The molecule has 198 valence electrons. The molecule has 2 heterocycles. The Hall–Kier alpha value is -2.82. The predicted molar refractivity (Wildman–Crippen MR) is 142 cm³/mol. The molecular weight excluding hydrogens is 558 g/mol. The second kappa shape index (κ2) is 10.7. The molecule has 0 radical (unpaired) electrons. The minimum Gasteiger partial charge on any atom is -0.302 e. The minimum atomic E-state index is -4.63. The largest absolute Gasteiger partial charge is 0.451 e. The molecular formula is C26H22Cl2F3N5OS. The average Bonchev–Trinajstić information content (AvgIpc) is 3.46. The molecule has 0 saturated heterocycles. The Morgan fingerprint density at radius 1 is 1.08 bits per heavy atom. The molecule has 2 unspecified atom stereocenters. The van der Waals surface area contributed by atoms with E-state index in [1.54, 1.807) is 12.1 Å². The minimum absolute atomic E-state index is 0.00121. The summed E-state index contributed by atoms with van der Waals surface area (Å²) in [7, 11) is 1.23. The van der Waals surface area contributed by atoms with E-state index < -0.39 is 12.0 Å². The van der Waals surface area contributed by atoms with Crippen molar-refractivity contribution < 1.29 is 18.0 Å². The third-order valence-electron chi connectivity index (χ3n) is 6.59. The number of halogens is 5. The molecule has 3 aromatic rings. The molecule has 2 atom stereocenters. The Labute approximate surface area is 231 Å². The van der Waals surface area contributed by atoms with E-state index in [-0.39, 0.29) is 28.8 Å². The van der Waals surface area contributed by atoms with Gasteiger partial charge in [0.25, 0.3) is 5.91 Å². The molecule has 1 saturated carbocycles. The van der Waals surface area contributed by atoms with Crippen molar-refractivity contribution in [1.82, 2.24) is 19.8 Å². The lowest BCUT2D eigenvalue weighted by molar-refractivity contribution is -0.147. The van der Waals surface area contributed by atoms with Crippen LogP contribution in [0.2, 0.25) is 10.0 Å². The van der Waals surface area contributed by atoms with Gasteiger partial charge < -0.3 is 4.57 Å². The normalized spacial score (nSPS) is 20.5. The lowest BCUT2D eigenvalue weighted by Gasteiger charge is -2.29. The van der Waals surface area contributed by atoms with Crippen LogP contribution in [0.3, 0.4) is 0 Å². The second-order valence-corrected chi connectivity index (χ2v) is 10.9. The van der Waals surface area contributed by atoms with Crippen molar-refractivity contribution in [3.63, 3.8) is 0 Å². The van der Waals surface area contributed by atoms with Gasteiger partial charge in [0.05, 0.1) is 17.5 Å². The Kier molecular flexibility index (Phi) is 7.57. The van der Waals surface area contributed by atoms with E-state index in [1.807, 2.05) is 36.4 Å². The van der Waals surface area contributed by atoms with Crippen LogP contribution in [0.4, 0.5) is 13.2 Å². The molecule has 12 heteroatoms. The maximum Gasteiger partial charge on any atom is 0.451 e. The zero-order chi connectivity index (χ0) is 27.0. The Morgan fingerprint density at radius 2 is 1.74 bits per heavy atom. The number of rotatable bonds is 5. The fourth-order valence-corrected chi connectivity index (χ4v) is 5.86. The molecule has 1 aliphatic heterocycles. The summed E-state index contributed by atoms with van der Waals surface area (Å²) >= 11 is 13.1. The number of carbonyl (C=O) groups excluding carboxylic acids is 1. The molecule has 2 aliphatic rings. The molecule has 5 rings (SSSR count). The van der Waals surface area contributed by atoms with Crippen LogP contribution < -0.4 is 0 Å². The van der Waals surface area contributed by atoms with Gasteiger partial charge in [0.1, 0.15) is 0 Å². The van der Waals surface area contributed by atoms with Gasteiger partial charge in [0, 0.05) is 23.0 Å². The first-order valence-corrected chi connectivity index (χ1v) is 13.6. The monoisotopic (exact) mass is 579 g/mol. The molecule has 0 bridgehead atoms. The summed E-state index contributed by atoms with van der Waals surface area (Å²) in [5.74, 6) is -1.62. The number of hydrazone groups is 1. The third-order valence-corrected chi connectivity index (χ3v) is 8.10. The van der Waals surface area contributed by atoms with Crippen molar-refractivity contribution in [2.75, 3.05) is 5.75 Å². The second-order valence-electron chi connectivity index (χ2n) is 9.09. The van der Waals surface area contributed by atoms with Gasteiger partial charge >= 0.3 is 6.18 Å². The van der Waals surface area contributed by atoms with Crippen LogP contribution >= 0.6 is 35.0 Å². The number of aromatic nitrogens is 3. The van der Waals surface area contributed by atoms with Crippen LogP contribution in [0, 0.1) is 5.92 Å².